The van der Waals surface area contributed by atoms with E-state index in [0.717, 1.165) is 38.4 Å². The van der Waals surface area contributed by atoms with Gasteiger partial charge in [0.05, 0.1) is 5.41 Å². The summed E-state index contributed by atoms with van der Waals surface area (Å²) in [6, 6.07) is 0. The van der Waals surface area contributed by atoms with Gasteiger partial charge in [-0.05, 0) is 45.2 Å². The Morgan fingerprint density at radius 2 is 2.00 bits per heavy atom. The number of carbonyl (C=O) groups is 1. The molecule has 0 saturated carbocycles. The SMILES string of the molecule is CCCC(C)CN1CCC(C)(C(=O)O)CC1. The van der Waals surface area contributed by atoms with Crippen LogP contribution in [0.4, 0.5) is 0 Å². The van der Waals surface area contributed by atoms with E-state index in [2.05, 4.69) is 18.7 Å². The molecule has 1 aliphatic heterocycles. The number of rotatable bonds is 5. The molecule has 1 saturated heterocycles. The molecule has 94 valence electrons. The average molecular weight is 227 g/mol. The summed E-state index contributed by atoms with van der Waals surface area (Å²) in [6.07, 6.45) is 4.09. The van der Waals surface area contributed by atoms with Crippen molar-refractivity contribution in [2.45, 2.75) is 46.5 Å². The van der Waals surface area contributed by atoms with Crippen molar-refractivity contribution in [3.63, 3.8) is 0 Å². The standard InChI is InChI=1S/C13H25NO2/c1-4-5-11(2)10-14-8-6-13(3,7-9-14)12(15)16/h11H,4-10H2,1-3H3,(H,15,16). The molecule has 0 aromatic rings. The van der Waals surface area contributed by atoms with Crippen LogP contribution < -0.4 is 0 Å². The molecule has 0 amide bonds. The Balaban J connectivity index is 2.34. The minimum Gasteiger partial charge on any atom is -0.481 e. The Kier molecular flexibility index (Phi) is 4.78. The maximum Gasteiger partial charge on any atom is 0.309 e. The van der Waals surface area contributed by atoms with Crippen LogP contribution in [0.25, 0.3) is 0 Å². The van der Waals surface area contributed by atoms with E-state index in [1.165, 1.54) is 12.8 Å². The van der Waals surface area contributed by atoms with Crippen molar-refractivity contribution < 1.29 is 9.90 Å². The molecule has 16 heavy (non-hydrogen) atoms. The Hall–Kier alpha value is -0.570. The van der Waals surface area contributed by atoms with Crippen molar-refractivity contribution in [1.82, 2.24) is 4.90 Å². The second-order valence-corrected chi connectivity index (χ2v) is 5.56. The van der Waals surface area contributed by atoms with E-state index in [0.29, 0.717) is 0 Å². The normalized spacial score (nSPS) is 22.9. The predicted octanol–water partition coefficient (Wildman–Crippen LogP) is 2.61. The molecule has 3 heteroatoms. The topological polar surface area (TPSA) is 40.5 Å². The van der Waals surface area contributed by atoms with Crippen LogP contribution in [0.1, 0.15) is 46.5 Å². The lowest BCUT2D eigenvalue weighted by Crippen LogP contribution is -2.43. The Morgan fingerprint density at radius 1 is 1.44 bits per heavy atom. The lowest BCUT2D eigenvalue weighted by atomic mass is 9.80. The van der Waals surface area contributed by atoms with Gasteiger partial charge in [-0.15, -0.1) is 0 Å². The fourth-order valence-electron chi connectivity index (χ4n) is 2.47. The molecule has 1 fully saturated rings. The highest BCUT2D eigenvalue weighted by atomic mass is 16.4. The summed E-state index contributed by atoms with van der Waals surface area (Å²) in [5.74, 6) is 0.105. The van der Waals surface area contributed by atoms with Crippen molar-refractivity contribution in [1.29, 1.82) is 0 Å². The van der Waals surface area contributed by atoms with Crippen LogP contribution in [0.3, 0.4) is 0 Å². The first-order valence-corrected chi connectivity index (χ1v) is 6.43. The number of piperidine rings is 1. The molecule has 0 aromatic carbocycles. The van der Waals surface area contributed by atoms with Crippen molar-refractivity contribution in [3.05, 3.63) is 0 Å². The fourth-order valence-corrected chi connectivity index (χ4v) is 2.47. The second kappa shape index (κ2) is 5.67. The number of hydrogen-bond donors (Lipinski definition) is 1. The minimum atomic E-state index is -0.631. The van der Waals surface area contributed by atoms with Gasteiger partial charge in [0.2, 0.25) is 0 Å². The van der Waals surface area contributed by atoms with Gasteiger partial charge >= 0.3 is 5.97 Å². The van der Waals surface area contributed by atoms with Gasteiger partial charge < -0.3 is 10.0 Å². The van der Waals surface area contributed by atoms with Crippen LogP contribution in [0, 0.1) is 11.3 Å². The molecule has 3 nitrogen and oxygen atoms in total. The smallest absolute Gasteiger partial charge is 0.309 e. The number of hydrogen-bond acceptors (Lipinski definition) is 2. The molecule has 1 N–H and O–H groups in total. The summed E-state index contributed by atoms with van der Waals surface area (Å²) >= 11 is 0. The number of likely N-dealkylation sites (tertiary alicyclic amines) is 1. The molecule has 1 unspecified atom stereocenters. The van der Waals surface area contributed by atoms with Gasteiger partial charge in [0, 0.05) is 6.54 Å². The van der Waals surface area contributed by atoms with E-state index >= 15 is 0 Å². The molecule has 0 radical (unpaired) electrons. The molecular weight excluding hydrogens is 202 g/mol. The van der Waals surface area contributed by atoms with Gasteiger partial charge in [0.1, 0.15) is 0 Å². The zero-order chi connectivity index (χ0) is 12.2. The summed E-state index contributed by atoms with van der Waals surface area (Å²) < 4.78 is 0. The average Bonchev–Trinajstić information content (AvgIpc) is 2.22. The highest BCUT2D eigenvalue weighted by molar-refractivity contribution is 5.74. The fraction of sp³-hybridized carbons (Fsp3) is 0.923. The maximum absolute atomic E-state index is 11.1. The Labute approximate surface area is 98.8 Å². The number of carboxylic acids is 1. The minimum absolute atomic E-state index is 0.482. The van der Waals surface area contributed by atoms with E-state index in [1.807, 2.05) is 6.92 Å². The van der Waals surface area contributed by atoms with Crippen molar-refractivity contribution >= 4 is 5.97 Å². The van der Waals surface area contributed by atoms with Crippen molar-refractivity contribution in [3.8, 4) is 0 Å². The number of aliphatic carboxylic acids is 1. The number of nitrogens with zero attached hydrogens (tertiary/aromatic N) is 1. The van der Waals surface area contributed by atoms with E-state index in [1.54, 1.807) is 0 Å². The monoisotopic (exact) mass is 227 g/mol. The molecule has 1 rings (SSSR count). The third kappa shape index (κ3) is 3.48. The summed E-state index contributed by atoms with van der Waals surface area (Å²) in [5.41, 5.74) is -0.482. The van der Waals surface area contributed by atoms with Crippen LogP contribution >= 0.6 is 0 Å². The molecule has 1 heterocycles. The van der Waals surface area contributed by atoms with Gasteiger partial charge in [-0.3, -0.25) is 4.79 Å². The van der Waals surface area contributed by atoms with Gasteiger partial charge in [-0.25, -0.2) is 0 Å². The van der Waals surface area contributed by atoms with E-state index < -0.39 is 11.4 Å². The maximum atomic E-state index is 11.1. The Morgan fingerprint density at radius 3 is 2.44 bits per heavy atom. The lowest BCUT2D eigenvalue weighted by Gasteiger charge is -2.37. The molecule has 0 spiro atoms. The van der Waals surface area contributed by atoms with Gasteiger partial charge in [0.25, 0.3) is 0 Å². The first kappa shape index (κ1) is 13.5. The number of carboxylic acid groups (broad SMARTS) is 1. The summed E-state index contributed by atoms with van der Waals surface area (Å²) in [4.78, 5) is 13.5. The molecule has 1 aliphatic rings. The Bertz CT molecular complexity index is 232. The third-order valence-electron chi connectivity index (χ3n) is 3.83. The van der Waals surface area contributed by atoms with Gasteiger partial charge in [-0.1, -0.05) is 20.3 Å². The summed E-state index contributed by atoms with van der Waals surface area (Å²) in [6.45, 7) is 9.39. The zero-order valence-corrected chi connectivity index (χ0v) is 10.8. The van der Waals surface area contributed by atoms with Gasteiger partial charge in [0.15, 0.2) is 0 Å². The quantitative estimate of drug-likeness (QED) is 0.785. The van der Waals surface area contributed by atoms with Crippen molar-refractivity contribution in [2.24, 2.45) is 11.3 Å². The predicted molar refractivity (Wildman–Crippen MR) is 65.5 cm³/mol. The third-order valence-corrected chi connectivity index (χ3v) is 3.83. The van der Waals surface area contributed by atoms with E-state index in [-0.39, 0.29) is 0 Å². The van der Waals surface area contributed by atoms with Gasteiger partial charge in [-0.2, -0.15) is 0 Å². The highest BCUT2D eigenvalue weighted by Gasteiger charge is 2.36. The molecule has 0 bridgehead atoms. The van der Waals surface area contributed by atoms with Crippen LogP contribution in [-0.4, -0.2) is 35.6 Å². The van der Waals surface area contributed by atoms with Crippen LogP contribution in [0.15, 0.2) is 0 Å². The molecule has 1 atom stereocenters. The molecule has 0 aliphatic carbocycles. The van der Waals surface area contributed by atoms with Crippen LogP contribution in [0.2, 0.25) is 0 Å². The summed E-state index contributed by atoms with van der Waals surface area (Å²) in [7, 11) is 0. The van der Waals surface area contributed by atoms with Crippen LogP contribution in [0.5, 0.6) is 0 Å². The first-order valence-electron chi connectivity index (χ1n) is 6.43. The van der Waals surface area contributed by atoms with Crippen molar-refractivity contribution in [2.75, 3.05) is 19.6 Å². The van der Waals surface area contributed by atoms with Crippen LogP contribution in [-0.2, 0) is 4.79 Å². The first-order chi connectivity index (χ1) is 7.48. The summed E-state index contributed by atoms with van der Waals surface area (Å²) in [5, 5.41) is 9.13. The second-order valence-electron chi connectivity index (χ2n) is 5.56. The molecular formula is C13H25NO2. The molecule has 0 aromatic heterocycles. The highest BCUT2D eigenvalue weighted by Crippen LogP contribution is 2.31. The van der Waals surface area contributed by atoms with E-state index in [9.17, 15) is 4.79 Å². The lowest BCUT2D eigenvalue weighted by molar-refractivity contribution is -0.150. The zero-order valence-electron chi connectivity index (χ0n) is 10.8. The van der Waals surface area contributed by atoms with E-state index in [4.69, 9.17) is 5.11 Å². The largest absolute Gasteiger partial charge is 0.481 e.